The van der Waals surface area contributed by atoms with Crippen molar-refractivity contribution in [3.63, 3.8) is 0 Å². The lowest BCUT2D eigenvalue weighted by Gasteiger charge is -2.11. The first kappa shape index (κ1) is 20.7. The standard InChI is InChI=1S/C24H23N3O3/c1-28-22-6-4-3-5-21(22)16-27-26-15-20-11-12-23(24(13-20)29-2)30-17-19-9-7-18(14-25)8-10-19/h3-13,15,27H,16-17H2,1-2H3/b26-15+. The fourth-order valence-electron chi connectivity index (χ4n) is 2.82. The van der Waals surface area contributed by atoms with Crippen molar-refractivity contribution in [1.29, 1.82) is 5.26 Å². The Kier molecular flexibility index (Phi) is 7.28. The van der Waals surface area contributed by atoms with Crippen LogP contribution in [0.25, 0.3) is 0 Å². The molecule has 6 nitrogen and oxygen atoms in total. The zero-order chi connectivity index (χ0) is 21.2. The van der Waals surface area contributed by atoms with Crippen LogP contribution in [-0.4, -0.2) is 20.4 Å². The maximum atomic E-state index is 8.87. The number of methoxy groups -OCH3 is 2. The molecule has 6 heteroatoms. The van der Waals surface area contributed by atoms with E-state index in [1.54, 1.807) is 32.6 Å². The zero-order valence-corrected chi connectivity index (χ0v) is 17.0. The van der Waals surface area contributed by atoms with Gasteiger partial charge in [-0.05, 0) is 47.5 Å². The van der Waals surface area contributed by atoms with Crippen molar-refractivity contribution >= 4 is 6.21 Å². The van der Waals surface area contributed by atoms with Gasteiger partial charge in [-0.2, -0.15) is 10.4 Å². The van der Waals surface area contributed by atoms with Crippen molar-refractivity contribution in [2.45, 2.75) is 13.2 Å². The van der Waals surface area contributed by atoms with E-state index in [9.17, 15) is 0 Å². The summed E-state index contributed by atoms with van der Waals surface area (Å²) in [6.45, 7) is 0.944. The summed E-state index contributed by atoms with van der Waals surface area (Å²) in [6.07, 6.45) is 1.72. The average Bonchev–Trinajstić information content (AvgIpc) is 2.81. The second kappa shape index (κ2) is 10.5. The molecule has 0 atom stereocenters. The smallest absolute Gasteiger partial charge is 0.161 e. The molecular weight excluding hydrogens is 378 g/mol. The Morgan fingerprint density at radius 3 is 2.43 bits per heavy atom. The van der Waals surface area contributed by atoms with Gasteiger partial charge in [-0.25, -0.2) is 0 Å². The maximum Gasteiger partial charge on any atom is 0.161 e. The highest BCUT2D eigenvalue weighted by Crippen LogP contribution is 2.28. The van der Waals surface area contributed by atoms with E-state index in [4.69, 9.17) is 19.5 Å². The minimum Gasteiger partial charge on any atom is -0.496 e. The molecular formula is C24H23N3O3. The Hall–Kier alpha value is -3.98. The van der Waals surface area contributed by atoms with E-state index >= 15 is 0 Å². The van der Waals surface area contributed by atoms with Gasteiger partial charge in [0.25, 0.3) is 0 Å². The minimum absolute atomic E-state index is 0.385. The van der Waals surface area contributed by atoms with Crippen molar-refractivity contribution in [2.75, 3.05) is 14.2 Å². The fourth-order valence-corrected chi connectivity index (χ4v) is 2.82. The van der Waals surface area contributed by atoms with Crippen LogP contribution in [0.2, 0.25) is 0 Å². The van der Waals surface area contributed by atoms with E-state index in [0.29, 0.717) is 30.2 Å². The first-order chi connectivity index (χ1) is 14.7. The van der Waals surface area contributed by atoms with Gasteiger partial charge in [0, 0.05) is 5.56 Å². The highest BCUT2D eigenvalue weighted by molar-refractivity contribution is 5.80. The SMILES string of the molecule is COc1ccccc1CN/N=C/c1ccc(OCc2ccc(C#N)cc2)c(OC)c1. The van der Waals surface area contributed by atoms with Gasteiger partial charge in [0.2, 0.25) is 0 Å². The molecule has 3 aromatic carbocycles. The van der Waals surface area contributed by atoms with Crippen LogP contribution >= 0.6 is 0 Å². The molecule has 0 aromatic heterocycles. The van der Waals surface area contributed by atoms with Crippen LogP contribution in [-0.2, 0) is 13.2 Å². The molecule has 0 amide bonds. The second-order valence-electron chi connectivity index (χ2n) is 6.41. The largest absolute Gasteiger partial charge is 0.496 e. The molecule has 3 aromatic rings. The van der Waals surface area contributed by atoms with Gasteiger partial charge in [-0.1, -0.05) is 30.3 Å². The van der Waals surface area contributed by atoms with Crippen LogP contribution in [0, 0.1) is 11.3 Å². The van der Waals surface area contributed by atoms with E-state index in [2.05, 4.69) is 16.6 Å². The molecule has 0 aliphatic carbocycles. The lowest BCUT2D eigenvalue weighted by Crippen LogP contribution is -2.07. The summed E-state index contributed by atoms with van der Waals surface area (Å²) in [6, 6.07) is 22.8. The van der Waals surface area contributed by atoms with Gasteiger partial charge in [0.15, 0.2) is 11.5 Å². The number of hydrazone groups is 1. The van der Waals surface area contributed by atoms with Crippen molar-refractivity contribution in [3.05, 3.63) is 89.0 Å². The Morgan fingerprint density at radius 2 is 1.70 bits per heavy atom. The summed E-state index contributed by atoms with van der Waals surface area (Å²) in [4.78, 5) is 0. The molecule has 152 valence electrons. The molecule has 0 aliphatic heterocycles. The lowest BCUT2D eigenvalue weighted by atomic mass is 10.1. The topological polar surface area (TPSA) is 75.9 Å². The third kappa shape index (κ3) is 5.52. The highest BCUT2D eigenvalue weighted by atomic mass is 16.5. The van der Waals surface area contributed by atoms with Crippen LogP contribution < -0.4 is 19.6 Å². The lowest BCUT2D eigenvalue weighted by molar-refractivity contribution is 0.284. The number of hydrogen-bond donors (Lipinski definition) is 1. The van der Waals surface area contributed by atoms with Crippen molar-refractivity contribution in [3.8, 4) is 23.3 Å². The predicted molar refractivity (Wildman–Crippen MR) is 116 cm³/mol. The summed E-state index contributed by atoms with van der Waals surface area (Å²) in [5.41, 5.74) is 6.53. The van der Waals surface area contributed by atoms with Crippen molar-refractivity contribution < 1.29 is 14.2 Å². The number of hydrogen-bond acceptors (Lipinski definition) is 6. The number of nitrogens with zero attached hydrogens (tertiary/aromatic N) is 2. The van der Waals surface area contributed by atoms with E-state index in [1.807, 2.05) is 54.6 Å². The van der Waals surface area contributed by atoms with Gasteiger partial charge in [0.1, 0.15) is 12.4 Å². The van der Waals surface area contributed by atoms with E-state index in [1.165, 1.54) is 0 Å². The summed E-state index contributed by atoms with van der Waals surface area (Å²) >= 11 is 0. The van der Waals surface area contributed by atoms with Crippen molar-refractivity contribution in [2.24, 2.45) is 5.10 Å². The van der Waals surface area contributed by atoms with Gasteiger partial charge >= 0.3 is 0 Å². The summed E-state index contributed by atoms with van der Waals surface area (Å²) in [7, 11) is 3.25. The highest BCUT2D eigenvalue weighted by Gasteiger charge is 2.06. The van der Waals surface area contributed by atoms with E-state index in [-0.39, 0.29) is 0 Å². The molecule has 0 heterocycles. The molecule has 3 rings (SSSR count). The summed E-state index contributed by atoms with van der Waals surface area (Å²) in [5, 5.41) is 13.1. The molecule has 0 radical (unpaired) electrons. The third-order valence-electron chi connectivity index (χ3n) is 4.43. The van der Waals surface area contributed by atoms with Gasteiger partial charge in [-0.3, -0.25) is 0 Å². The maximum absolute atomic E-state index is 8.87. The van der Waals surface area contributed by atoms with Crippen LogP contribution in [0.5, 0.6) is 17.2 Å². The molecule has 0 bridgehead atoms. The molecule has 0 spiro atoms. The monoisotopic (exact) mass is 401 g/mol. The molecule has 0 saturated carbocycles. The molecule has 0 fully saturated rings. The van der Waals surface area contributed by atoms with E-state index < -0.39 is 0 Å². The number of nitrogens with one attached hydrogen (secondary N) is 1. The van der Waals surface area contributed by atoms with Crippen LogP contribution in [0.3, 0.4) is 0 Å². The average molecular weight is 401 g/mol. The van der Waals surface area contributed by atoms with Crippen LogP contribution in [0.4, 0.5) is 0 Å². The predicted octanol–water partition coefficient (Wildman–Crippen LogP) is 4.28. The Bertz CT molecular complexity index is 1040. The Labute approximate surface area is 176 Å². The number of ether oxygens (including phenoxy) is 3. The van der Waals surface area contributed by atoms with Gasteiger partial charge in [-0.15, -0.1) is 0 Å². The summed E-state index contributed by atoms with van der Waals surface area (Å²) in [5.74, 6) is 2.09. The summed E-state index contributed by atoms with van der Waals surface area (Å²) < 4.78 is 16.7. The Balaban J connectivity index is 1.59. The molecule has 0 aliphatic rings. The molecule has 0 saturated heterocycles. The number of benzene rings is 3. The third-order valence-corrected chi connectivity index (χ3v) is 4.43. The van der Waals surface area contributed by atoms with Gasteiger partial charge < -0.3 is 19.6 Å². The number of nitriles is 1. The van der Waals surface area contributed by atoms with Crippen LogP contribution in [0.1, 0.15) is 22.3 Å². The van der Waals surface area contributed by atoms with E-state index in [0.717, 1.165) is 22.4 Å². The normalized spacial score (nSPS) is 10.4. The van der Waals surface area contributed by atoms with Gasteiger partial charge in [0.05, 0.1) is 38.6 Å². The second-order valence-corrected chi connectivity index (χ2v) is 6.41. The fraction of sp³-hybridized carbons (Fsp3) is 0.167. The molecule has 0 unspecified atom stereocenters. The molecule has 30 heavy (non-hydrogen) atoms. The quantitative estimate of drug-likeness (QED) is 0.428. The first-order valence-electron chi connectivity index (χ1n) is 9.41. The molecule has 1 N–H and O–H groups in total. The van der Waals surface area contributed by atoms with Crippen LogP contribution in [0.15, 0.2) is 71.8 Å². The van der Waals surface area contributed by atoms with Crippen molar-refractivity contribution in [1.82, 2.24) is 5.43 Å². The minimum atomic E-state index is 0.385. The Morgan fingerprint density at radius 1 is 0.933 bits per heavy atom. The first-order valence-corrected chi connectivity index (χ1v) is 9.41. The zero-order valence-electron chi connectivity index (χ0n) is 17.0. The number of rotatable bonds is 9. The number of para-hydroxylation sites is 1.